The number of pyridine rings is 1. The van der Waals surface area contributed by atoms with Gasteiger partial charge in [0, 0.05) is 17.8 Å². The van der Waals surface area contributed by atoms with Crippen LogP contribution in [0.5, 0.6) is 0 Å². The summed E-state index contributed by atoms with van der Waals surface area (Å²) < 4.78 is 0. The standard InChI is InChI=1S/C10H14N2S/c1-13-10-8(4-2-7-12-10)9-5-3-6-11-9/h2,4,7,9,11H,3,5-6H2,1H3/t9-/m0/s1. The van der Waals surface area contributed by atoms with E-state index in [0.717, 1.165) is 6.54 Å². The fraction of sp³-hybridized carbons (Fsp3) is 0.500. The second-order valence-corrected chi connectivity index (χ2v) is 4.05. The largest absolute Gasteiger partial charge is 0.310 e. The molecule has 70 valence electrons. The first-order chi connectivity index (χ1) is 6.42. The number of rotatable bonds is 2. The predicted molar refractivity (Wildman–Crippen MR) is 56.0 cm³/mol. The zero-order valence-electron chi connectivity index (χ0n) is 7.79. The van der Waals surface area contributed by atoms with Gasteiger partial charge in [-0.2, -0.15) is 0 Å². The first-order valence-electron chi connectivity index (χ1n) is 4.64. The number of nitrogens with zero attached hydrogens (tertiary/aromatic N) is 1. The van der Waals surface area contributed by atoms with Gasteiger partial charge in [0.05, 0.1) is 0 Å². The molecule has 1 atom stereocenters. The predicted octanol–water partition coefficient (Wildman–Crippen LogP) is 2.23. The minimum Gasteiger partial charge on any atom is -0.310 e. The van der Waals surface area contributed by atoms with Crippen LogP contribution in [0.15, 0.2) is 23.4 Å². The van der Waals surface area contributed by atoms with Crippen LogP contribution < -0.4 is 5.32 Å². The van der Waals surface area contributed by atoms with Crippen molar-refractivity contribution in [2.45, 2.75) is 23.9 Å². The summed E-state index contributed by atoms with van der Waals surface area (Å²) in [4.78, 5) is 4.36. The maximum absolute atomic E-state index is 4.36. The highest BCUT2D eigenvalue weighted by Crippen LogP contribution is 2.28. The Morgan fingerprint density at radius 3 is 3.23 bits per heavy atom. The van der Waals surface area contributed by atoms with Gasteiger partial charge in [-0.05, 0) is 31.7 Å². The number of hydrogen-bond donors (Lipinski definition) is 1. The Bertz CT molecular complexity index is 282. The van der Waals surface area contributed by atoms with Crippen molar-refractivity contribution in [1.29, 1.82) is 0 Å². The summed E-state index contributed by atoms with van der Waals surface area (Å²) in [7, 11) is 0. The zero-order chi connectivity index (χ0) is 9.10. The second kappa shape index (κ2) is 4.11. The molecular formula is C10H14N2S. The third kappa shape index (κ3) is 1.86. The molecule has 13 heavy (non-hydrogen) atoms. The van der Waals surface area contributed by atoms with Crippen LogP contribution in [-0.2, 0) is 0 Å². The minimum absolute atomic E-state index is 0.538. The lowest BCUT2D eigenvalue weighted by Crippen LogP contribution is -2.13. The van der Waals surface area contributed by atoms with Gasteiger partial charge in [0.2, 0.25) is 0 Å². The van der Waals surface area contributed by atoms with E-state index in [1.54, 1.807) is 11.8 Å². The first kappa shape index (κ1) is 9.03. The summed E-state index contributed by atoms with van der Waals surface area (Å²) in [6.07, 6.45) is 6.48. The van der Waals surface area contributed by atoms with Crippen molar-refractivity contribution in [3.05, 3.63) is 23.9 Å². The summed E-state index contributed by atoms with van der Waals surface area (Å²) in [6.45, 7) is 1.15. The van der Waals surface area contributed by atoms with Crippen LogP contribution in [0.1, 0.15) is 24.4 Å². The van der Waals surface area contributed by atoms with Gasteiger partial charge in [0.1, 0.15) is 5.03 Å². The fourth-order valence-corrected chi connectivity index (χ4v) is 2.40. The third-order valence-electron chi connectivity index (χ3n) is 2.43. The van der Waals surface area contributed by atoms with E-state index in [9.17, 15) is 0 Å². The summed E-state index contributed by atoms with van der Waals surface area (Å²) in [5, 5.41) is 4.66. The Labute approximate surface area is 83.1 Å². The van der Waals surface area contributed by atoms with E-state index >= 15 is 0 Å². The van der Waals surface area contributed by atoms with Crippen LogP contribution in [0.25, 0.3) is 0 Å². The van der Waals surface area contributed by atoms with Crippen molar-refractivity contribution in [3.8, 4) is 0 Å². The molecule has 0 bridgehead atoms. The van der Waals surface area contributed by atoms with Crippen LogP contribution in [0.3, 0.4) is 0 Å². The van der Waals surface area contributed by atoms with Crippen molar-refractivity contribution in [2.24, 2.45) is 0 Å². The Balaban J connectivity index is 2.26. The van der Waals surface area contributed by atoms with E-state index in [2.05, 4.69) is 22.6 Å². The highest BCUT2D eigenvalue weighted by molar-refractivity contribution is 7.98. The van der Waals surface area contributed by atoms with Gasteiger partial charge in [-0.1, -0.05) is 6.07 Å². The molecule has 1 fully saturated rings. The average molecular weight is 194 g/mol. The molecule has 1 aromatic heterocycles. The Morgan fingerprint density at radius 2 is 2.54 bits per heavy atom. The van der Waals surface area contributed by atoms with Gasteiger partial charge < -0.3 is 5.32 Å². The van der Waals surface area contributed by atoms with Crippen LogP contribution in [0.4, 0.5) is 0 Å². The molecule has 0 aliphatic carbocycles. The zero-order valence-corrected chi connectivity index (χ0v) is 8.60. The molecule has 1 saturated heterocycles. The Hall–Kier alpha value is -0.540. The molecule has 0 amide bonds. The smallest absolute Gasteiger partial charge is 0.100 e. The lowest BCUT2D eigenvalue weighted by molar-refractivity contribution is 0.629. The summed E-state index contributed by atoms with van der Waals surface area (Å²) in [5.74, 6) is 0. The fourth-order valence-electron chi connectivity index (χ4n) is 1.79. The van der Waals surface area contributed by atoms with Gasteiger partial charge in [-0.15, -0.1) is 11.8 Å². The molecular weight excluding hydrogens is 180 g/mol. The van der Waals surface area contributed by atoms with Gasteiger partial charge in [0.25, 0.3) is 0 Å². The molecule has 0 spiro atoms. The van der Waals surface area contributed by atoms with Gasteiger partial charge in [-0.3, -0.25) is 0 Å². The van der Waals surface area contributed by atoms with E-state index in [4.69, 9.17) is 0 Å². The molecule has 0 aromatic carbocycles. The highest BCUT2D eigenvalue weighted by atomic mass is 32.2. The van der Waals surface area contributed by atoms with E-state index in [1.165, 1.54) is 23.4 Å². The molecule has 2 rings (SSSR count). The van der Waals surface area contributed by atoms with Crippen molar-refractivity contribution < 1.29 is 0 Å². The number of thioether (sulfide) groups is 1. The molecule has 1 aliphatic heterocycles. The molecule has 0 unspecified atom stereocenters. The molecule has 2 nitrogen and oxygen atoms in total. The first-order valence-corrected chi connectivity index (χ1v) is 5.86. The monoisotopic (exact) mass is 194 g/mol. The summed E-state index contributed by atoms with van der Waals surface area (Å²) >= 11 is 1.73. The number of nitrogens with one attached hydrogen (secondary N) is 1. The van der Waals surface area contributed by atoms with Crippen molar-refractivity contribution in [2.75, 3.05) is 12.8 Å². The Kier molecular flexibility index (Phi) is 2.86. The van der Waals surface area contributed by atoms with Gasteiger partial charge in [0.15, 0.2) is 0 Å². The highest BCUT2D eigenvalue weighted by Gasteiger charge is 2.18. The molecule has 0 radical (unpaired) electrons. The van der Waals surface area contributed by atoms with Crippen molar-refractivity contribution in [3.63, 3.8) is 0 Å². The SMILES string of the molecule is CSc1ncccc1[C@@H]1CCCN1. The number of hydrogen-bond acceptors (Lipinski definition) is 3. The van der Waals surface area contributed by atoms with E-state index in [-0.39, 0.29) is 0 Å². The minimum atomic E-state index is 0.538. The van der Waals surface area contributed by atoms with E-state index in [1.807, 2.05) is 12.3 Å². The van der Waals surface area contributed by atoms with Crippen LogP contribution in [0.2, 0.25) is 0 Å². The second-order valence-electron chi connectivity index (χ2n) is 3.25. The lowest BCUT2D eigenvalue weighted by atomic mass is 10.1. The van der Waals surface area contributed by atoms with Gasteiger partial charge >= 0.3 is 0 Å². The summed E-state index contributed by atoms with van der Waals surface area (Å²) in [6, 6.07) is 4.74. The van der Waals surface area contributed by atoms with Crippen LogP contribution in [-0.4, -0.2) is 17.8 Å². The van der Waals surface area contributed by atoms with Crippen molar-refractivity contribution in [1.82, 2.24) is 10.3 Å². The normalized spacial score (nSPS) is 22.1. The maximum atomic E-state index is 4.36. The molecule has 1 aliphatic rings. The Morgan fingerprint density at radius 1 is 1.62 bits per heavy atom. The summed E-state index contributed by atoms with van der Waals surface area (Å²) in [5.41, 5.74) is 1.37. The number of aromatic nitrogens is 1. The average Bonchev–Trinajstić information content (AvgIpc) is 2.70. The molecule has 1 aromatic rings. The van der Waals surface area contributed by atoms with E-state index < -0.39 is 0 Å². The topological polar surface area (TPSA) is 24.9 Å². The van der Waals surface area contributed by atoms with Crippen molar-refractivity contribution >= 4 is 11.8 Å². The van der Waals surface area contributed by atoms with E-state index in [0.29, 0.717) is 6.04 Å². The van der Waals surface area contributed by atoms with Crippen LogP contribution in [0, 0.1) is 0 Å². The molecule has 0 saturated carbocycles. The lowest BCUT2D eigenvalue weighted by Gasteiger charge is -2.12. The van der Waals surface area contributed by atoms with Crippen LogP contribution >= 0.6 is 11.8 Å². The van der Waals surface area contributed by atoms with Gasteiger partial charge in [-0.25, -0.2) is 4.98 Å². The molecule has 1 N–H and O–H groups in total. The maximum Gasteiger partial charge on any atom is 0.100 e. The molecule has 2 heterocycles. The quantitative estimate of drug-likeness (QED) is 0.731. The third-order valence-corrected chi connectivity index (χ3v) is 3.16. The molecule has 3 heteroatoms.